The van der Waals surface area contributed by atoms with Gasteiger partial charge < -0.3 is 17.2 Å². The molecular weight excluding hydrogens is 154 g/mol. The van der Waals surface area contributed by atoms with Crippen molar-refractivity contribution >= 4 is 18.1 Å². The molecule has 8 nitrogen and oxygen atoms in total. The molecule has 0 spiro atoms. The van der Waals surface area contributed by atoms with E-state index in [0.717, 1.165) is 0 Å². The zero-order valence-corrected chi connectivity index (χ0v) is 5.40. The fourth-order valence-electron chi connectivity index (χ4n) is 0.218. The number of oxime groups is 1. The lowest BCUT2D eigenvalue weighted by molar-refractivity contribution is 0.152. The predicted molar refractivity (Wildman–Crippen MR) is 35.0 cm³/mol. The summed E-state index contributed by atoms with van der Waals surface area (Å²) in [6, 6.07) is -1.05. The SMILES string of the molecule is NC(=O)NC(=O)ON=C(N)N. The van der Waals surface area contributed by atoms with Crippen LogP contribution in [0.15, 0.2) is 5.16 Å². The Kier molecular flexibility index (Phi) is 3.22. The number of urea groups is 1. The maximum atomic E-state index is 10.3. The molecule has 0 heterocycles. The summed E-state index contributed by atoms with van der Waals surface area (Å²) in [7, 11) is 0. The second-order valence-corrected chi connectivity index (χ2v) is 1.38. The first-order chi connectivity index (χ1) is 5.02. The number of hydrogen-bond acceptors (Lipinski definition) is 4. The van der Waals surface area contributed by atoms with Gasteiger partial charge in [0.05, 0.1) is 0 Å². The number of rotatable bonds is 1. The zero-order chi connectivity index (χ0) is 8.85. The first kappa shape index (κ1) is 9.01. The number of nitrogens with two attached hydrogens (primary N) is 3. The van der Waals surface area contributed by atoms with Gasteiger partial charge in [0.15, 0.2) is 0 Å². The monoisotopic (exact) mass is 161 g/mol. The summed E-state index contributed by atoms with van der Waals surface area (Å²) >= 11 is 0. The molecule has 8 heteroatoms. The lowest BCUT2D eigenvalue weighted by Crippen LogP contribution is -2.35. The van der Waals surface area contributed by atoms with Crippen molar-refractivity contribution in [3.05, 3.63) is 0 Å². The van der Waals surface area contributed by atoms with Crippen LogP contribution >= 0.6 is 0 Å². The van der Waals surface area contributed by atoms with E-state index >= 15 is 0 Å². The number of carbonyl (C=O) groups excluding carboxylic acids is 2. The number of carbonyl (C=O) groups is 2. The van der Waals surface area contributed by atoms with Crippen LogP contribution in [0, 0.1) is 0 Å². The van der Waals surface area contributed by atoms with Crippen molar-refractivity contribution in [2.45, 2.75) is 0 Å². The number of hydrogen-bond donors (Lipinski definition) is 4. The largest absolute Gasteiger partial charge is 0.441 e. The van der Waals surface area contributed by atoms with Gasteiger partial charge in [-0.2, -0.15) is 0 Å². The van der Waals surface area contributed by atoms with Crippen LogP contribution in [0.2, 0.25) is 0 Å². The summed E-state index contributed by atoms with van der Waals surface area (Å²) in [6.45, 7) is 0. The van der Waals surface area contributed by atoms with Crippen LogP contribution < -0.4 is 22.5 Å². The van der Waals surface area contributed by atoms with Crippen LogP contribution in [0.3, 0.4) is 0 Å². The van der Waals surface area contributed by atoms with Crippen LogP contribution in [0.5, 0.6) is 0 Å². The summed E-state index contributed by atoms with van der Waals surface area (Å²) in [5, 5.41) is 4.39. The fourth-order valence-corrected chi connectivity index (χ4v) is 0.218. The minimum absolute atomic E-state index is 0.440. The number of amides is 3. The van der Waals surface area contributed by atoms with E-state index in [0.29, 0.717) is 0 Å². The molecule has 0 atom stereocenters. The molecule has 0 rings (SSSR count). The van der Waals surface area contributed by atoms with Crippen LogP contribution in [0.4, 0.5) is 9.59 Å². The Morgan fingerprint density at radius 3 is 2.18 bits per heavy atom. The molecule has 11 heavy (non-hydrogen) atoms. The van der Waals surface area contributed by atoms with Crippen molar-refractivity contribution in [3.8, 4) is 0 Å². The maximum absolute atomic E-state index is 10.3. The van der Waals surface area contributed by atoms with E-state index in [1.807, 2.05) is 0 Å². The van der Waals surface area contributed by atoms with E-state index in [1.165, 1.54) is 0 Å². The molecule has 62 valence electrons. The molecule has 0 unspecified atom stereocenters. The van der Waals surface area contributed by atoms with E-state index in [9.17, 15) is 9.59 Å². The van der Waals surface area contributed by atoms with Gasteiger partial charge >= 0.3 is 12.1 Å². The molecule has 3 amide bonds. The molecule has 0 saturated carbocycles. The quantitative estimate of drug-likeness (QED) is 0.152. The summed E-state index contributed by atoms with van der Waals surface area (Å²) in [5.74, 6) is -0.440. The number of primary amides is 1. The van der Waals surface area contributed by atoms with Gasteiger partial charge in [0.1, 0.15) is 0 Å². The molecule has 0 radical (unpaired) electrons. The normalized spacial score (nSPS) is 8.00. The highest BCUT2D eigenvalue weighted by atomic mass is 16.7. The summed E-state index contributed by atoms with van der Waals surface area (Å²) in [5.41, 5.74) is 14.1. The Labute approximate surface area is 61.3 Å². The standard InChI is InChI=1S/C3H7N5O3/c4-1(5)8-11-3(10)7-2(6)9/h(H4,4,5,8)(H3,6,7,9,10). The Morgan fingerprint density at radius 2 is 1.82 bits per heavy atom. The first-order valence-electron chi connectivity index (χ1n) is 2.38. The van der Waals surface area contributed by atoms with E-state index < -0.39 is 18.1 Å². The number of guanidine groups is 1. The number of nitrogens with one attached hydrogen (secondary N) is 1. The van der Waals surface area contributed by atoms with Crippen LogP contribution in [-0.4, -0.2) is 18.1 Å². The van der Waals surface area contributed by atoms with Gasteiger partial charge in [0.25, 0.3) is 0 Å². The van der Waals surface area contributed by atoms with E-state index in [2.05, 4.69) is 15.7 Å². The highest BCUT2D eigenvalue weighted by Gasteiger charge is 2.03. The molecule has 0 aliphatic rings. The van der Waals surface area contributed by atoms with Crippen LogP contribution in [0.1, 0.15) is 0 Å². The third-order valence-electron chi connectivity index (χ3n) is 0.459. The van der Waals surface area contributed by atoms with Gasteiger partial charge in [0.2, 0.25) is 5.96 Å². The van der Waals surface area contributed by atoms with Gasteiger partial charge in [-0.25, -0.2) is 14.9 Å². The van der Waals surface area contributed by atoms with Gasteiger partial charge in [-0.1, -0.05) is 0 Å². The van der Waals surface area contributed by atoms with Crippen molar-refractivity contribution in [3.63, 3.8) is 0 Å². The predicted octanol–water partition coefficient (Wildman–Crippen LogP) is -2.02. The molecule has 0 aromatic rings. The summed E-state index contributed by atoms with van der Waals surface area (Å²) < 4.78 is 0. The first-order valence-corrected chi connectivity index (χ1v) is 2.38. The Bertz CT molecular complexity index is 195. The second kappa shape index (κ2) is 3.93. The van der Waals surface area contributed by atoms with Crippen LogP contribution in [-0.2, 0) is 4.84 Å². The lowest BCUT2D eigenvalue weighted by Gasteiger charge is -1.95. The van der Waals surface area contributed by atoms with Gasteiger partial charge in [-0.15, -0.1) is 0 Å². The van der Waals surface area contributed by atoms with Gasteiger partial charge in [-0.05, 0) is 5.16 Å². The van der Waals surface area contributed by atoms with Gasteiger partial charge in [-0.3, -0.25) is 4.84 Å². The molecule has 0 aliphatic carbocycles. The average Bonchev–Trinajstić information content (AvgIpc) is 1.82. The summed E-state index contributed by atoms with van der Waals surface area (Å²) in [4.78, 5) is 24.2. The number of nitrogens with zero attached hydrogens (tertiary/aromatic N) is 1. The van der Waals surface area contributed by atoms with Crippen LogP contribution in [0.25, 0.3) is 0 Å². The lowest BCUT2D eigenvalue weighted by atomic mass is 11.0. The molecule has 0 aliphatic heterocycles. The molecule has 0 fully saturated rings. The van der Waals surface area contributed by atoms with Crippen molar-refractivity contribution in [1.82, 2.24) is 5.32 Å². The van der Waals surface area contributed by atoms with Crippen molar-refractivity contribution in [2.75, 3.05) is 0 Å². The highest BCUT2D eigenvalue weighted by molar-refractivity contribution is 5.89. The van der Waals surface area contributed by atoms with E-state index in [4.69, 9.17) is 11.5 Å². The Hall–Kier alpha value is -1.99. The summed E-state index contributed by atoms with van der Waals surface area (Å²) in [6.07, 6.45) is -1.15. The topological polar surface area (TPSA) is 146 Å². The smallest absolute Gasteiger partial charge is 0.367 e. The van der Waals surface area contributed by atoms with E-state index in [1.54, 1.807) is 5.32 Å². The zero-order valence-electron chi connectivity index (χ0n) is 5.40. The second-order valence-electron chi connectivity index (χ2n) is 1.38. The Morgan fingerprint density at radius 1 is 1.27 bits per heavy atom. The minimum atomic E-state index is -1.15. The average molecular weight is 161 g/mol. The minimum Gasteiger partial charge on any atom is -0.367 e. The Balaban J connectivity index is 3.71. The third kappa shape index (κ3) is 5.89. The number of imide groups is 1. The fraction of sp³-hybridized carbons (Fsp3) is 0. The maximum Gasteiger partial charge on any atom is 0.441 e. The van der Waals surface area contributed by atoms with E-state index in [-0.39, 0.29) is 0 Å². The highest BCUT2D eigenvalue weighted by Crippen LogP contribution is 1.75. The van der Waals surface area contributed by atoms with Crippen molar-refractivity contribution in [2.24, 2.45) is 22.4 Å². The molecule has 7 N–H and O–H groups in total. The molecular formula is C3H7N5O3. The molecule has 0 bridgehead atoms. The molecule has 0 aromatic carbocycles. The van der Waals surface area contributed by atoms with Crippen molar-refractivity contribution in [1.29, 1.82) is 0 Å². The van der Waals surface area contributed by atoms with Gasteiger partial charge in [0, 0.05) is 0 Å². The van der Waals surface area contributed by atoms with Crippen molar-refractivity contribution < 1.29 is 14.4 Å². The molecule has 0 aromatic heterocycles. The molecule has 0 saturated heterocycles. The third-order valence-corrected chi connectivity index (χ3v) is 0.459.